The maximum Gasteiger partial charge on any atom is 0.261 e. The van der Waals surface area contributed by atoms with Crippen LogP contribution in [0.3, 0.4) is 0 Å². The zero-order valence-corrected chi connectivity index (χ0v) is 17.6. The first-order chi connectivity index (χ1) is 14.1. The standard InChI is InChI=1S/C24H31NO4/c1-4-27-22-14-13-18(15-23(22)28-5-2)16-25-24(26)17(3)29-21-12-8-10-19-9-6-7-11-20(19)21/h8,10,12-15,17H,4-7,9,11,16H2,1-3H3,(H,25,26). The van der Waals surface area contributed by atoms with E-state index in [2.05, 4.69) is 11.4 Å². The van der Waals surface area contributed by atoms with Crippen molar-refractivity contribution in [3.63, 3.8) is 0 Å². The lowest BCUT2D eigenvalue weighted by atomic mass is 9.91. The Hall–Kier alpha value is -2.69. The number of carbonyl (C=O) groups is 1. The van der Waals surface area contributed by atoms with E-state index in [1.807, 2.05) is 44.2 Å². The highest BCUT2D eigenvalue weighted by Crippen LogP contribution is 2.30. The molecule has 1 atom stereocenters. The summed E-state index contributed by atoms with van der Waals surface area (Å²) in [7, 11) is 0. The minimum absolute atomic E-state index is 0.134. The second kappa shape index (κ2) is 10.2. The summed E-state index contributed by atoms with van der Waals surface area (Å²) in [6.45, 7) is 7.21. The highest BCUT2D eigenvalue weighted by molar-refractivity contribution is 5.80. The Balaban J connectivity index is 1.60. The van der Waals surface area contributed by atoms with Gasteiger partial charge in [-0.05, 0) is 81.3 Å². The molecular weight excluding hydrogens is 366 g/mol. The maximum atomic E-state index is 12.6. The average molecular weight is 398 g/mol. The molecule has 5 heteroatoms. The molecule has 0 aromatic heterocycles. The predicted molar refractivity (Wildman–Crippen MR) is 114 cm³/mol. The zero-order chi connectivity index (χ0) is 20.6. The van der Waals surface area contributed by atoms with Crippen LogP contribution < -0.4 is 19.5 Å². The Bertz CT molecular complexity index is 834. The number of amides is 1. The summed E-state index contributed by atoms with van der Waals surface area (Å²) >= 11 is 0. The van der Waals surface area contributed by atoms with Crippen molar-refractivity contribution in [3.05, 3.63) is 53.1 Å². The van der Waals surface area contributed by atoms with Gasteiger partial charge in [-0.3, -0.25) is 4.79 Å². The van der Waals surface area contributed by atoms with E-state index in [-0.39, 0.29) is 5.91 Å². The molecule has 0 spiro atoms. The third-order valence-corrected chi connectivity index (χ3v) is 5.10. The van der Waals surface area contributed by atoms with Gasteiger partial charge in [0.15, 0.2) is 17.6 Å². The van der Waals surface area contributed by atoms with Crippen LogP contribution in [-0.2, 0) is 24.2 Å². The second-order valence-corrected chi connectivity index (χ2v) is 7.23. The van der Waals surface area contributed by atoms with Gasteiger partial charge in [0.2, 0.25) is 0 Å². The van der Waals surface area contributed by atoms with Gasteiger partial charge in [0.05, 0.1) is 13.2 Å². The van der Waals surface area contributed by atoms with Crippen molar-refractivity contribution in [2.24, 2.45) is 0 Å². The molecule has 3 rings (SSSR count). The molecule has 29 heavy (non-hydrogen) atoms. The van der Waals surface area contributed by atoms with Crippen LogP contribution in [0.4, 0.5) is 0 Å². The van der Waals surface area contributed by atoms with Crippen molar-refractivity contribution < 1.29 is 19.0 Å². The largest absolute Gasteiger partial charge is 0.490 e. The van der Waals surface area contributed by atoms with Gasteiger partial charge in [-0.15, -0.1) is 0 Å². The normalized spacial score (nSPS) is 13.9. The van der Waals surface area contributed by atoms with Crippen molar-refractivity contribution in [2.45, 2.75) is 59.1 Å². The molecule has 1 N–H and O–H groups in total. The number of aryl methyl sites for hydroxylation is 1. The summed E-state index contributed by atoms with van der Waals surface area (Å²) in [5, 5.41) is 2.96. The molecule has 0 heterocycles. The minimum atomic E-state index is -0.558. The van der Waals surface area contributed by atoms with E-state index in [1.54, 1.807) is 6.92 Å². The molecule has 0 saturated heterocycles. The average Bonchev–Trinajstić information content (AvgIpc) is 2.74. The molecule has 1 aliphatic rings. The zero-order valence-electron chi connectivity index (χ0n) is 17.6. The second-order valence-electron chi connectivity index (χ2n) is 7.23. The van der Waals surface area contributed by atoms with Gasteiger partial charge >= 0.3 is 0 Å². The molecule has 0 radical (unpaired) electrons. The number of fused-ring (bicyclic) bond motifs is 1. The summed E-state index contributed by atoms with van der Waals surface area (Å²) in [6, 6.07) is 11.9. The van der Waals surface area contributed by atoms with E-state index in [1.165, 1.54) is 24.0 Å². The van der Waals surface area contributed by atoms with Crippen LogP contribution in [0.15, 0.2) is 36.4 Å². The molecule has 0 fully saturated rings. The smallest absolute Gasteiger partial charge is 0.261 e. The van der Waals surface area contributed by atoms with Crippen LogP contribution >= 0.6 is 0 Å². The first-order valence-corrected chi connectivity index (χ1v) is 10.6. The van der Waals surface area contributed by atoms with Gasteiger partial charge in [-0.2, -0.15) is 0 Å². The third-order valence-electron chi connectivity index (χ3n) is 5.10. The number of hydrogen-bond donors (Lipinski definition) is 1. The van der Waals surface area contributed by atoms with Gasteiger partial charge in [-0.1, -0.05) is 18.2 Å². The number of carbonyl (C=O) groups excluding carboxylic acids is 1. The Morgan fingerprint density at radius 1 is 1.00 bits per heavy atom. The van der Waals surface area contributed by atoms with Crippen molar-refractivity contribution in [3.8, 4) is 17.2 Å². The summed E-state index contributed by atoms with van der Waals surface area (Å²) in [5.41, 5.74) is 3.56. The Kier molecular flexibility index (Phi) is 7.39. The van der Waals surface area contributed by atoms with Crippen molar-refractivity contribution in [2.75, 3.05) is 13.2 Å². The molecule has 0 saturated carbocycles. The molecular formula is C24H31NO4. The Morgan fingerprint density at radius 2 is 1.76 bits per heavy atom. The van der Waals surface area contributed by atoms with Crippen LogP contribution in [0, 0.1) is 0 Å². The van der Waals surface area contributed by atoms with E-state index in [0.717, 1.165) is 29.9 Å². The monoisotopic (exact) mass is 397 g/mol. The highest BCUT2D eigenvalue weighted by Gasteiger charge is 2.19. The fraction of sp³-hybridized carbons (Fsp3) is 0.458. The molecule has 1 amide bonds. The molecule has 5 nitrogen and oxygen atoms in total. The Morgan fingerprint density at radius 3 is 2.55 bits per heavy atom. The summed E-state index contributed by atoms with van der Waals surface area (Å²) in [5.74, 6) is 2.12. The van der Waals surface area contributed by atoms with Crippen LogP contribution in [-0.4, -0.2) is 25.2 Å². The van der Waals surface area contributed by atoms with Gasteiger partial charge in [-0.25, -0.2) is 0 Å². The van der Waals surface area contributed by atoms with Gasteiger partial charge in [0.25, 0.3) is 5.91 Å². The summed E-state index contributed by atoms with van der Waals surface area (Å²) < 4.78 is 17.3. The Labute approximate surface area is 173 Å². The van der Waals surface area contributed by atoms with E-state index < -0.39 is 6.10 Å². The molecule has 0 aliphatic heterocycles. The van der Waals surface area contributed by atoms with Crippen molar-refractivity contribution in [1.29, 1.82) is 0 Å². The maximum absolute atomic E-state index is 12.6. The van der Waals surface area contributed by atoms with Crippen molar-refractivity contribution >= 4 is 5.91 Å². The summed E-state index contributed by atoms with van der Waals surface area (Å²) in [6.07, 6.45) is 3.95. The van der Waals surface area contributed by atoms with Crippen LogP contribution in [0.1, 0.15) is 50.3 Å². The fourth-order valence-corrected chi connectivity index (χ4v) is 3.64. The van der Waals surface area contributed by atoms with E-state index in [9.17, 15) is 4.79 Å². The lowest BCUT2D eigenvalue weighted by Gasteiger charge is -2.22. The highest BCUT2D eigenvalue weighted by atomic mass is 16.5. The molecule has 1 aliphatic carbocycles. The molecule has 0 bridgehead atoms. The SMILES string of the molecule is CCOc1ccc(CNC(=O)C(C)Oc2cccc3c2CCCC3)cc1OCC. The van der Waals surface area contributed by atoms with Crippen molar-refractivity contribution in [1.82, 2.24) is 5.32 Å². The van der Waals surface area contributed by atoms with Gasteiger partial charge in [0.1, 0.15) is 5.75 Å². The number of benzene rings is 2. The van der Waals surface area contributed by atoms with E-state index >= 15 is 0 Å². The molecule has 156 valence electrons. The fourth-order valence-electron chi connectivity index (χ4n) is 3.64. The number of nitrogens with one attached hydrogen (secondary N) is 1. The van der Waals surface area contributed by atoms with Crippen LogP contribution in [0.5, 0.6) is 17.2 Å². The molecule has 2 aromatic rings. The van der Waals surface area contributed by atoms with Crippen LogP contribution in [0.25, 0.3) is 0 Å². The number of rotatable bonds is 9. The quantitative estimate of drug-likeness (QED) is 0.679. The number of hydrogen-bond acceptors (Lipinski definition) is 4. The van der Waals surface area contributed by atoms with E-state index in [4.69, 9.17) is 14.2 Å². The predicted octanol–water partition coefficient (Wildman–Crippen LogP) is 4.45. The lowest BCUT2D eigenvalue weighted by molar-refractivity contribution is -0.127. The molecule has 2 aromatic carbocycles. The number of ether oxygens (including phenoxy) is 3. The van der Waals surface area contributed by atoms with Gasteiger partial charge in [0, 0.05) is 6.54 Å². The minimum Gasteiger partial charge on any atom is -0.490 e. The molecule has 1 unspecified atom stereocenters. The summed E-state index contributed by atoms with van der Waals surface area (Å²) in [4.78, 5) is 12.6. The third kappa shape index (κ3) is 5.43. The van der Waals surface area contributed by atoms with Gasteiger partial charge < -0.3 is 19.5 Å². The lowest BCUT2D eigenvalue weighted by Crippen LogP contribution is -2.36. The topological polar surface area (TPSA) is 56.8 Å². The van der Waals surface area contributed by atoms with E-state index in [0.29, 0.717) is 25.5 Å². The first kappa shape index (κ1) is 21.0. The van der Waals surface area contributed by atoms with Crippen LogP contribution in [0.2, 0.25) is 0 Å². The first-order valence-electron chi connectivity index (χ1n) is 10.6.